The van der Waals surface area contributed by atoms with Gasteiger partial charge in [0.15, 0.2) is 0 Å². The van der Waals surface area contributed by atoms with Crippen LogP contribution in [0.25, 0.3) is 58.8 Å². The molecule has 0 aliphatic rings. The lowest BCUT2D eigenvalue weighted by atomic mass is 10.0. The zero-order chi connectivity index (χ0) is 29.7. The number of rotatable bonds is 5. The lowest BCUT2D eigenvalue weighted by Crippen LogP contribution is -2.09. The van der Waals surface area contributed by atoms with Crippen molar-refractivity contribution in [2.24, 2.45) is 0 Å². The summed E-state index contributed by atoms with van der Waals surface area (Å²) in [5, 5.41) is 5.13. The molecule has 0 aliphatic carbocycles. The van der Waals surface area contributed by atoms with Gasteiger partial charge in [-0.25, -0.2) is 0 Å². The highest BCUT2D eigenvalue weighted by atomic mass is 32.1. The number of thiophene rings is 1. The van der Waals surface area contributed by atoms with Gasteiger partial charge < -0.3 is 9.47 Å². The van der Waals surface area contributed by atoms with Crippen molar-refractivity contribution in [1.82, 2.24) is 4.57 Å². The number of nitrogens with zero attached hydrogens (tertiary/aromatic N) is 2. The SMILES string of the molecule is c1ccc(N(c2ccccc2)c2ccc3sc4cc(-c5ccc6c7ccccc7n(-c7ccccc7)c6c5)ccc4c3c2)cc1. The van der Waals surface area contributed by atoms with E-state index in [2.05, 4.69) is 179 Å². The average molecular weight is 593 g/mol. The van der Waals surface area contributed by atoms with Gasteiger partial charge in [-0.05, 0) is 83.9 Å². The molecule has 45 heavy (non-hydrogen) atoms. The van der Waals surface area contributed by atoms with E-state index >= 15 is 0 Å². The molecule has 9 rings (SSSR count). The van der Waals surface area contributed by atoms with Crippen LogP contribution in [0.2, 0.25) is 0 Å². The monoisotopic (exact) mass is 592 g/mol. The van der Waals surface area contributed by atoms with E-state index in [1.807, 2.05) is 11.3 Å². The second kappa shape index (κ2) is 10.5. The quantitative estimate of drug-likeness (QED) is 0.193. The van der Waals surface area contributed by atoms with E-state index in [1.54, 1.807) is 0 Å². The molecule has 0 amide bonds. The minimum Gasteiger partial charge on any atom is -0.310 e. The molecule has 0 bridgehead atoms. The first-order chi connectivity index (χ1) is 22.3. The number of anilines is 3. The topological polar surface area (TPSA) is 8.17 Å². The fourth-order valence-electron chi connectivity index (χ4n) is 6.69. The van der Waals surface area contributed by atoms with Crippen molar-refractivity contribution >= 4 is 70.4 Å². The number of para-hydroxylation sites is 4. The molecule has 0 unspecified atom stereocenters. The Hall–Kier alpha value is -5.64. The van der Waals surface area contributed by atoms with Crippen molar-refractivity contribution in [2.45, 2.75) is 0 Å². The molecular formula is C42H28N2S. The smallest absolute Gasteiger partial charge is 0.0547 e. The fourth-order valence-corrected chi connectivity index (χ4v) is 7.82. The molecule has 9 aromatic rings. The van der Waals surface area contributed by atoms with Crippen molar-refractivity contribution in [3.8, 4) is 16.8 Å². The summed E-state index contributed by atoms with van der Waals surface area (Å²) in [4.78, 5) is 2.33. The van der Waals surface area contributed by atoms with Crippen LogP contribution >= 0.6 is 11.3 Å². The van der Waals surface area contributed by atoms with Gasteiger partial charge in [-0.1, -0.05) is 97.1 Å². The fraction of sp³-hybridized carbons (Fsp3) is 0. The van der Waals surface area contributed by atoms with Gasteiger partial charge in [-0.3, -0.25) is 0 Å². The Bertz CT molecular complexity index is 2440. The Labute approximate surface area is 265 Å². The summed E-state index contributed by atoms with van der Waals surface area (Å²) in [6, 6.07) is 61.3. The second-order valence-electron chi connectivity index (χ2n) is 11.4. The highest BCUT2D eigenvalue weighted by Crippen LogP contribution is 2.42. The lowest BCUT2D eigenvalue weighted by molar-refractivity contribution is 1.18. The Morgan fingerprint density at radius 3 is 1.71 bits per heavy atom. The summed E-state index contributed by atoms with van der Waals surface area (Å²) in [5.74, 6) is 0. The van der Waals surface area contributed by atoms with Gasteiger partial charge in [0, 0.05) is 53.7 Å². The van der Waals surface area contributed by atoms with E-state index in [0.29, 0.717) is 0 Å². The van der Waals surface area contributed by atoms with Crippen molar-refractivity contribution < 1.29 is 0 Å². The predicted molar refractivity (Wildman–Crippen MR) is 194 cm³/mol. The Kier molecular flexibility index (Phi) is 6.03. The minimum absolute atomic E-state index is 1.15. The third kappa shape index (κ3) is 4.32. The van der Waals surface area contributed by atoms with Gasteiger partial charge in [0.1, 0.15) is 0 Å². The van der Waals surface area contributed by atoms with Gasteiger partial charge in [-0.15, -0.1) is 11.3 Å². The maximum absolute atomic E-state index is 2.39. The first-order valence-electron chi connectivity index (χ1n) is 15.3. The first kappa shape index (κ1) is 25.8. The minimum atomic E-state index is 1.15. The zero-order valence-corrected chi connectivity index (χ0v) is 25.3. The third-order valence-corrected chi connectivity index (χ3v) is 9.90. The molecule has 3 heteroatoms. The van der Waals surface area contributed by atoms with Gasteiger partial charge in [0.2, 0.25) is 0 Å². The molecule has 0 saturated carbocycles. The van der Waals surface area contributed by atoms with Crippen LogP contribution in [0.5, 0.6) is 0 Å². The Morgan fingerprint density at radius 2 is 0.978 bits per heavy atom. The number of benzene rings is 7. The van der Waals surface area contributed by atoms with Crippen LogP contribution in [-0.4, -0.2) is 4.57 Å². The second-order valence-corrected chi connectivity index (χ2v) is 12.5. The summed E-state index contributed by atoms with van der Waals surface area (Å²) in [5.41, 5.74) is 9.54. The maximum Gasteiger partial charge on any atom is 0.0547 e. The van der Waals surface area contributed by atoms with E-state index in [4.69, 9.17) is 0 Å². The van der Waals surface area contributed by atoms with Crippen LogP contribution in [0.15, 0.2) is 170 Å². The van der Waals surface area contributed by atoms with Gasteiger partial charge in [0.25, 0.3) is 0 Å². The highest BCUT2D eigenvalue weighted by molar-refractivity contribution is 7.25. The van der Waals surface area contributed by atoms with Crippen molar-refractivity contribution in [1.29, 1.82) is 0 Å². The molecule has 0 spiro atoms. The zero-order valence-electron chi connectivity index (χ0n) is 24.5. The summed E-state index contributed by atoms with van der Waals surface area (Å²) in [6.07, 6.45) is 0. The van der Waals surface area contributed by atoms with Crippen LogP contribution in [0.1, 0.15) is 0 Å². The first-order valence-corrected chi connectivity index (χ1v) is 16.1. The van der Waals surface area contributed by atoms with E-state index < -0.39 is 0 Å². The van der Waals surface area contributed by atoms with E-state index in [-0.39, 0.29) is 0 Å². The largest absolute Gasteiger partial charge is 0.310 e. The average Bonchev–Trinajstić information content (AvgIpc) is 3.64. The van der Waals surface area contributed by atoms with E-state index in [0.717, 1.165) is 17.1 Å². The Morgan fingerprint density at radius 1 is 0.378 bits per heavy atom. The van der Waals surface area contributed by atoms with Crippen molar-refractivity contribution in [3.63, 3.8) is 0 Å². The molecule has 212 valence electrons. The molecule has 0 saturated heterocycles. The number of hydrogen-bond donors (Lipinski definition) is 0. The molecule has 2 aromatic heterocycles. The number of aromatic nitrogens is 1. The molecule has 0 N–H and O–H groups in total. The predicted octanol–water partition coefficient (Wildman–Crippen LogP) is 12.3. The van der Waals surface area contributed by atoms with Crippen LogP contribution in [0.4, 0.5) is 17.1 Å². The van der Waals surface area contributed by atoms with Crippen molar-refractivity contribution in [3.05, 3.63) is 170 Å². The molecular weight excluding hydrogens is 565 g/mol. The summed E-state index contributed by atoms with van der Waals surface area (Å²) >= 11 is 1.87. The normalized spacial score (nSPS) is 11.6. The van der Waals surface area contributed by atoms with Gasteiger partial charge in [-0.2, -0.15) is 0 Å². The van der Waals surface area contributed by atoms with Gasteiger partial charge in [0.05, 0.1) is 11.0 Å². The van der Waals surface area contributed by atoms with Crippen molar-refractivity contribution in [2.75, 3.05) is 4.90 Å². The molecule has 2 heterocycles. The summed E-state index contributed by atoms with van der Waals surface area (Å²) in [7, 11) is 0. The molecule has 0 atom stereocenters. The number of fused-ring (bicyclic) bond motifs is 6. The van der Waals surface area contributed by atoms with Crippen LogP contribution in [0, 0.1) is 0 Å². The molecule has 0 aliphatic heterocycles. The third-order valence-electron chi connectivity index (χ3n) is 8.76. The van der Waals surface area contributed by atoms with E-state index in [9.17, 15) is 0 Å². The molecule has 0 radical (unpaired) electrons. The summed E-state index contributed by atoms with van der Waals surface area (Å²) in [6.45, 7) is 0. The highest BCUT2D eigenvalue weighted by Gasteiger charge is 2.16. The van der Waals surface area contributed by atoms with E-state index in [1.165, 1.54) is 58.8 Å². The molecule has 7 aromatic carbocycles. The molecule has 0 fully saturated rings. The Balaban J connectivity index is 1.17. The van der Waals surface area contributed by atoms with Crippen LogP contribution < -0.4 is 4.90 Å². The summed E-state index contributed by atoms with van der Waals surface area (Å²) < 4.78 is 4.99. The maximum atomic E-state index is 2.39. The van der Waals surface area contributed by atoms with Crippen LogP contribution in [-0.2, 0) is 0 Å². The van der Waals surface area contributed by atoms with Gasteiger partial charge >= 0.3 is 0 Å². The lowest BCUT2D eigenvalue weighted by Gasteiger charge is -2.25. The van der Waals surface area contributed by atoms with Crippen LogP contribution in [0.3, 0.4) is 0 Å². The molecule has 2 nitrogen and oxygen atoms in total. The standard InChI is InChI=1S/C42H28N2S/c1-4-12-31(13-5-1)43(32-14-6-2-7-15-32)34-22-25-41-38(28-34)37-24-21-30(27-42(37)45-41)29-20-23-36-35-18-10-11-19-39(35)44(40(36)26-29)33-16-8-3-9-17-33/h1-28H. The number of hydrogen-bond acceptors (Lipinski definition) is 2.